The minimum absolute atomic E-state index is 0.167. The van der Waals surface area contributed by atoms with Gasteiger partial charge in [-0.25, -0.2) is 18.4 Å². The van der Waals surface area contributed by atoms with Crippen LogP contribution in [0.15, 0.2) is 131 Å². The van der Waals surface area contributed by atoms with Gasteiger partial charge in [-0.1, -0.05) is 59.0 Å². The SMILES string of the molecule is CC(c1cn(CCCCc2ccc(OCc3coc(C=Cc4ccc(C(F)(F)F)cc4)n3)cc2)nn1)S(=O)(=O)C(C)c1cn(CCCCc2ccc(OCc3coc(C=Cc4ccc(C(F)(F)F)cc4)n3)cc2)nn1. The van der Waals surface area contributed by atoms with Crippen molar-refractivity contribution in [3.63, 3.8) is 0 Å². The molecule has 0 saturated carbocycles. The molecule has 0 fully saturated rings. The summed E-state index contributed by atoms with van der Waals surface area (Å²) in [6.07, 6.45) is 8.81. The molecule has 2 atom stereocenters. The molecule has 0 amide bonds. The highest BCUT2D eigenvalue weighted by molar-refractivity contribution is 7.91. The highest BCUT2D eigenvalue weighted by atomic mass is 32.2. The van der Waals surface area contributed by atoms with Crippen LogP contribution in [-0.2, 0) is 61.3 Å². The van der Waals surface area contributed by atoms with Gasteiger partial charge in [0.2, 0.25) is 11.8 Å². The third-order valence-corrected chi connectivity index (χ3v) is 14.7. The van der Waals surface area contributed by atoms with Crippen molar-refractivity contribution < 1.29 is 53.1 Å². The van der Waals surface area contributed by atoms with Crippen molar-refractivity contribution in [2.45, 2.75) is 102 Å². The second-order valence-electron chi connectivity index (χ2n) is 17.7. The summed E-state index contributed by atoms with van der Waals surface area (Å²) in [6.45, 7) is 4.69. The van der Waals surface area contributed by atoms with E-state index < -0.39 is 43.8 Å². The summed E-state index contributed by atoms with van der Waals surface area (Å²) in [5, 5.41) is 15.0. The maximum atomic E-state index is 13.7. The zero-order chi connectivity index (χ0) is 53.0. The average Bonchev–Trinajstić information content (AvgIpc) is 4.26. The molecule has 2 unspecified atom stereocenters. The molecule has 4 heterocycles. The molecule has 0 aliphatic carbocycles. The summed E-state index contributed by atoms with van der Waals surface area (Å²) in [6, 6.07) is 25.0. The fourth-order valence-electron chi connectivity index (χ4n) is 7.72. The third kappa shape index (κ3) is 15.1. The van der Waals surface area contributed by atoms with Crippen molar-refractivity contribution in [2.75, 3.05) is 0 Å². The molecule has 0 radical (unpaired) electrons. The van der Waals surface area contributed by atoms with E-state index in [0.717, 1.165) is 73.9 Å². The van der Waals surface area contributed by atoms with E-state index in [1.54, 1.807) is 59.9 Å². The topological polar surface area (TPSA) is 166 Å². The van der Waals surface area contributed by atoms with Crippen LogP contribution >= 0.6 is 0 Å². The predicted molar refractivity (Wildman–Crippen MR) is 267 cm³/mol. The molecule has 21 heteroatoms. The summed E-state index contributed by atoms with van der Waals surface area (Å²) >= 11 is 0. The molecule has 0 bridgehead atoms. The van der Waals surface area contributed by atoms with Crippen LogP contribution in [0.2, 0.25) is 0 Å². The normalized spacial score (nSPS) is 13.2. The number of unbranched alkanes of at least 4 members (excludes halogenated alkanes) is 2. The lowest BCUT2D eigenvalue weighted by Crippen LogP contribution is -2.18. The number of hydrogen-bond acceptors (Lipinski definition) is 12. The van der Waals surface area contributed by atoms with Crippen LogP contribution in [0.3, 0.4) is 0 Å². The van der Waals surface area contributed by atoms with Crippen LogP contribution in [-0.4, -0.2) is 48.4 Å². The molecule has 0 aliphatic heterocycles. The first kappa shape index (κ1) is 53.5. The Hall–Kier alpha value is -7.81. The molecule has 4 aromatic carbocycles. The number of alkyl halides is 6. The lowest BCUT2D eigenvalue weighted by molar-refractivity contribution is -0.138. The zero-order valence-corrected chi connectivity index (χ0v) is 41.6. The largest absolute Gasteiger partial charge is 0.487 e. The Morgan fingerprint density at radius 2 is 0.933 bits per heavy atom. The predicted octanol–water partition coefficient (Wildman–Crippen LogP) is 12.7. The summed E-state index contributed by atoms with van der Waals surface area (Å²) in [5.41, 5.74) is 3.79. The van der Waals surface area contributed by atoms with Gasteiger partial charge in [-0.05, 0) is 135 Å². The standard InChI is InChI=1S/C54H52F6N8O6S/c1-37(49-31-67(65-63-49)29-5-3-7-39-13-23-47(24-14-39)71-33-45-35-73-51(61-45)27-17-41-9-19-43(20-10-41)53(55,56)57)75(69,70)38(2)50-32-68(66-64-50)30-6-4-8-40-15-25-48(26-16-40)72-34-46-36-74-52(62-46)28-18-42-11-21-44(22-12-42)54(58,59)60/h9-28,31-32,35-38H,3-8,29-30,33-34H2,1-2H3. The summed E-state index contributed by atoms with van der Waals surface area (Å²) in [4.78, 5) is 8.70. The van der Waals surface area contributed by atoms with Crippen LogP contribution < -0.4 is 9.47 Å². The number of rotatable bonds is 24. The van der Waals surface area contributed by atoms with Crippen LogP contribution in [0, 0.1) is 0 Å². The van der Waals surface area contributed by atoms with Crippen LogP contribution in [0.1, 0.15) is 118 Å². The van der Waals surface area contributed by atoms with Crippen molar-refractivity contribution in [3.8, 4) is 11.5 Å². The second kappa shape index (κ2) is 24.0. The number of nitrogens with zero attached hydrogens (tertiary/aromatic N) is 8. The molecule has 14 nitrogen and oxygen atoms in total. The van der Waals surface area contributed by atoms with Gasteiger partial charge in [-0.15, -0.1) is 10.2 Å². The number of aryl methyl sites for hydroxylation is 4. The summed E-state index contributed by atoms with van der Waals surface area (Å²) in [5.74, 6) is 1.90. The fraction of sp³-hybridized carbons (Fsp3) is 0.296. The maximum absolute atomic E-state index is 13.7. The summed E-state index contributed by atoms with van der Waals surface area (Å²) < 4.78 is 130. The fourth-order valence-corrected chi connectivity index (χ4v) is 9.22. The first-order valence-electron chi connectivity index (χ1n) is 24.0. The summed E-state index contributed by atoms with van der Waals surface area (Å²) in [7, 11) is -3.75. The van der Waals surface area contributed by atoms with Gasteiger partial charge < -0.3 is 18.3 Å². The minimum atomic E-state index is -4.39. The van der Waals surface area contributed by atoms with Gasteiger partial charge in [-0.2, -0.15) is 26.3 Å². The number of sulfone groups is 1. The Labute approximate surface area is 428 Å². The number of aromatic nitrogens is 8. The Balaban J connectivity index is 0.699. The van der Waals surface area contributed by atoms with Crippen molar-refractivity contribution in [3.05, 3.63) is 190 Å². The number of hydrogen-bond donors (Lipinski definition) is 0. The minimum Gasteiger partial charge on any atom is -0.487 e. The van der Waals surface area contributed by atoms with E-state index in [4.69, 9.17) is 18.3 Å². The van der Waals surface area contributed by atoms with Crippen molar-refractivity contribution in [2.24, 2.45) is 0 Å². The lowest BCUT2D eigenvalue weighted by atomic mass is 10.1. The third-order valence-electron chi connectivity index (χ3n) is 12.2. The van der Waals surface area contributed by atoms with E-state index in [1.807, 2.05) is 48.5 Å². The molecule has 0 N–H and O–H groups in total. The van der Waals surface area contributed by atoms with E-state index in [-0.39, 0.29) is 13.2 Å². The molecule has 4 aromatic heterocycles. The van der Waals surface area contributed by atoms with E-state index in [1.165, 1.54) is 36.8 Å². The van der Waals surface area contributed by atoms with Crippen molar-refractivity contribution >= 4 is 34.1 Å². The average molecular weight is 1060 g/mol. The molecule has 8 rings (SSSR count). The molecule has 0 saturated heterocycles. The molecule has 0 aliphatic rings. The van der Waals surface area contributed by atoms with Gasteiger partial charge in [0.1, 0.15) is 70.5 Å². The second-order valence-corrected chi connectivity index (χ2v) is 20.3. The van der Waals surface area contributed by atoms with Gasteiger partial charge in [0.25, 0.3) is 0 Å². The Morgan fingerprint density at radius 1 is 0.547 bits per heavy atom. The Morgan fingerprint density at radius 3 is 1.31 bits per heavy atom. The molecule has 8 aromatic rings. The van der Waals surface area contributed by atoms with Crippen LogP contribution in [0.4, 0.5) is 26.3 Å². The Kier molecular flexibility index (Phi) is 17.1. The highest BCUT2D eigenvalue weighted by Crippen LogP contribution is 2.33. The lowest BCUT2D eigenvalue weighted by Gasteiger charge is -2.15. The first-order valence-corrected chi connectivity index (χ1v) is 25.6. The zero-order valence-electron chi connectivity index (χ0n) is 40.8. The van der Waals surface area contributed by atoms with Gasteiger partial charge in [0, 0.05) is 37.6 Å². The van der Waals surface area contributed by atoms with E-state index >= 15 is 0 Å². The van der Waals surface area contributed by atoms with Gasteiger partial charge in [0.05, 0.1) is 11.1 Å². The van der Waals surface area contributed by atoms with Crippen molar-refractivity contribution in [1.29, 1.82) is 0 Å². The molecular formula is C54H52F6N8O6S. The molecule has 0 spiro atoms. The monoisotopic (exact) mass is 1050 g/mol. The highest BCUT2D eigenvalue weighted by Gasteiger charge is 2.34. The van der Waals surface area contributed by atoms with Crippen LogP contribution in [0.5, 0.6) is 11.5 Å². The van der Waals surface area contributed by atoms with E-state index in [2.05, 4.69) is 30.6 Å². The first-order chi connectivity index (χ1) is 35.9. The van der Waals surface area contributed by atoms with Crippen molar-refractivity contribution in [1.82, 2.24) is 40.0 Å². The Bertz CT molecular complexity index is 3040. The molecule has 75 heavy (non-hydrogen) atoms. The number of oxazole rings is 2. The molecular weight excluding hydrogens is 1000 g/mol. The number of ether oxygens (including phenoxy) is 2. The molecule has 392 valence electrons. The number of benzene rings is 4. The van der Waals surface area contributed by atoms with E-state index in [0.29, 0.717) is 70.3 Å². The van der Waals surface area contributed by atoms with Gasteiger partial charge in [-0.3, -0.25) is 9.36 Å². The van der Waals surface area contributed by atoms with Gasteiger partial charge >= 0.3 is 12.4 Å². The maximum Gasteiger partial charge on any atom is 0.416 e. The van der Waals surface area contributed by atoms with E-state index in [9.17, 15) is 34.8 Å². The van der Waals surface area contributed by atoms with Crippen LogP contribution in [0.25, 0.3) is 24.3 Å². The quantitative estimate of drug-likeness (QED) is 0.0416. The van der Waals surface area contributed by atoms with Gasteiger partial charge in [0.15, 0.2) is 9.84 Å². The number of halogens is 6. The smallest absolute Gasteiger partial charge is 0.416 e.